The minimum atomic E-state index is -0.443. The van der Waals surface area contributed by atoms with Crippen LogP contribution < -0.4 is 0 Å². The Morgan fingerprint density at radius 1 is 1.12 bits per heavy atom. The summed E-state index contributed by atoms with van der Waals surface area (Å²) in [4.78, 5) is 11.3. The van der Waals surface area contributed by atoms with Crippen LogP contribution in [0.5, 0.6) is 0 Å². The zero-order valence-electron chi connectivity index (χ0n) is 11.1. The molecule has 0 aliphatic rings. The zero-order chi connectivity index (χ0) is 12.4. The van der Waals surface area contributed by atoms with Gasteiger partial charge in [0.1, 0.15) is 0 Å². The molecule has 0 amide bonds. The fourth-order valence-corrected chi connectivity index (χ4v) is 1.59. The molecule has 0 aliphatic carbocycles. The zero-order valence-corrected chi connectivity index (χ0v) is 11.1. The van der Waals surface area contributed by atoms with E-state index in [2.05, 4.69) is 6.92 Å². The molecule has 0 aromatic heterocycles. The Morgan fingerprint density at radius 3 is 2.38 bits per heavy atom. The summed E-state index contributed by atoms with van der Waals surface area (Å²) in [5, 5.41) is 0. The van der Waals surface area contributed by atoms with Crippen LogP contribution in [-0.2, 0) is 14.3 Å². The summed E-state index contributed by atoms with van der Waals surface area (Å²) < 4.78 is 10.5. The van der Waals surface area contributed by atoms with Crippen LogP contribution in [0.4, 0.5) is 0 Å². The Bertz CT molecular complexity index is 180. The van der Waals surface area contributed by atoms with Crippen LogP contribution in [0, 0.1) is 0 Å². The third kappa shape index (κ3) is 7.69. The van der Waals surface area contributed by atoms with Crippen molar-refractivity contribution in [2.24, 2.45) is 0 Å². The fraction of sp³-hybridized carbons (Fsp3) is 0.923. The molecule has 96 valence electrons. The van der Waals surface area contributed by atoms with Gasteiger partial charge in [0, 0.05) is 0 Å². The lowest BCUT2D eigenvalue weighted by Crippen LogP contribution is -2.27. The molecule has 0 rings (SSSR count). The molecule has 0 saturated carbocycles. The number of carbonyl (C=O) groups is 1. The predicted molar refractivity (Wildman–Crippen MR) is 65.4 cm³/mol. The second kappa shape index (κ2) is 9.64. The van der Waals surface area contributed by atoms with Gasteiger partial charge in [-0.15, -0.1) is 0 Å². The summed E-state index contributed by atoms with van der Waals surface area (Å²) in [6.07, 6.45) is 5.65. The Kier molecular flexibility index (Phi) is 9.30. The number of ether oxygens (including phenoxy) is 2. The van der Waals surface area contributed by atoms with Gasteiger partial charge in [-0.05, 0) is 27.2 Å². The van der Waals surface area contributed by atoms with Crippen molar-refractivity contribution < 1.29 is 14.3 Å². The maximum atomic E-state index is 11.3. The lowest BCUT2D eigenvalue weighted by molar-refractivity contribution is -0.158. The molecule has 0 heterocycles. The van der Waals surface area contributed by atoms with E-state index in [0.29, 0.717) is 6.61 Å². The van der Waals surface area contributed by atoms with Crippen molar-refractivity contribution in [3.8, 4) is 0 Å². The third-order valence-electron chi connectivity index (χ3n) is 2.52. The van der Waals surface area contributed by atoms with Gasteiger partial charge in [0.15, 0.2) is 6.10 Å². The van der Waals surface area contributed by atoms with E-state index in [1.807, 2.05) is 6.92 Å². The van der Waals surface area contributed by atoms with E-state index in [-0.39, 0.29) is 12.1 Å². The Labute approximate surface area is 99.5 Å². The minimum absolute atomic E-state index is 0.135. The average Bonchev–Trinajstić information content (AvgIpc) is 2.24. The predicted octanol–water partition coefficient (Wildman–Crippen LogP) is 3.31. The van der Waals surface area contributed by atoms with Crippen molar-refractivity contribution in [3.63, 3.8) is 0 Å². The van der Waals surface area contributed by atoms with Gasteiger partial charge >= 0.3 is 5.97 Å². The Hall–Kier alpha value is -0.570. The van der Waals surface area contributed by atoms with Gasteiger partial charge in [-0.1, -0.05) is 32.6 Å². The maximum Gasteiger partial charge on any atom is 0.334 e. The number of hydrogen-bond acceptors (Lipinski definition) is 3. The Morgan fingerprint density at radius 2 is 1.81 bits per heavy atom. The van der Waals surface area contributed by atoms with Gasteiger partial charge in [-0.3, -0.25) is 0 Å². The van der Waals surface area contributed by atoms with Crippen molar-refractivity contribution in [2.45, 2.75) is 72.0 Å². The van der Waals surface area contributed by atoms with Gasteiger partial charge in [0.05, 0.1) is 12.7 Å². The SMILES string of the molecule is CCCCCCC(C)OC(C)C(=O)OCC. The molecule has 0 saturated heterocycles. The van der Waals surface area contributed by atoms with Crippen molar-refractivity contribution in [3.05, 3.63) is 0 Å². The summed E-state index contributed by atoms with van der Waals surface area (Å²) in [6.45, 7) is 8.18. The summed E-state index contributed by atoms with van der Waals surface area (Å²) >= 11 is 0. The quantitative estimate of drug-likeness (QED) is 0.450. The van der Waals surface area contributed by atoms with E-state index in [4.69, 9.17) is 9.47 Å². The lowest BCUT2D eigenvalue weighted by atomic mass is 10.1. The Balaban J connectivity index is 3.60. The van der Waals surface area contributed by atoms with E-state index < -0.39 is 6.10 Å². The highest BCUT2D eigenvalue weighted by molar-refractivity contribution is 5.74. The molecule has 0 aromatic carbocycles. The molecule has 0 N–H and O–H groups in total. The summed E-state index contributed by atoms with van der Waals surface area (Å²) in [7, 11) is 0. The van der Waals surface area contributed by atoms with Crippen LogP contribution in [0.15, 0.2) is 0 Å². The molecule has 0 bridgehead atoms. The largest absolute Gasteiger partial charge is 0.464 e. The van der Waals surface area contributed by atoms with Crippen LogP contribution in [0.3, 0.4) is 0 Å². The monoisotopic (exact) mass is 230 g/mol. The molecule has 0 aromatic rings. The van der Waals surface area contributed by atoms with Gasteiger partial charge < -0.3 is 9.47 Å². The number of esters is 1. The van der Waals surface area contributed by atoms with E-state index in [0.717, 1.165) is 6.42 Å². The molecule has 0 aliphatic heterocycles. The molecular formula is C13H26O3. The minimum Gasteiger partial charge on any atom is -0.464 e. The van der Waals surface area contributed by atoms with Gasteiger partial charge in [0.25, 0.3) is 0 Å². The van der Waals surface area contributed by atoms with Gasteiger partial charge in [-0.2, -0.15) is 0 Å². The molecule has 0 fully saturated rings. The highest BCUT2D eigenvalue weighted by Gasteiger charge is 2.17. The van der Waals surface area contributed by atoms with E-state index in [9.17, 15) is 4.79 Å². The second-order valence-electron chi connectivity index (χ2n) is 4.19. The smallest absolute Gasteiger partial charge is 0.334 e. The molecule has 2 unspecified atom stereocenters. The second-order valence-corrected chi connectivity index (χ2v) is 4.19. The van der Waals surface area contributed by atoms with E-state index in [1.54, 1.807) is 13.8 Å². The average molecular weight is 230 g/mol. The number of rotatable bonds is 9. The van der Waals surface area contributed by atoms with Crippen LogP contribution >= 0.6 is 0 Å². The molecule has 3 nitrogen and oxygen atoms in total. The van der Waals surface area contributed by atoms with Crippen LogP contribution in [0.25, 0.3) is 0 Å². The van der Waals surface area contributed by atoms with E-state index in [1.165, 1.54) is 25.7 Å². The molecule has 2 atom stereocenters. The fourth-order valence-electron chi connectivity index (χ4n) is 1.59. The van der Waals surface area contributed by atoms with Crippen LogP contribution in [0.2, 0.25) is 0 Å². The topological polar surface area (TPSA) is 35.5 Å². The summed E-state index contributed by atoms with van der Waals surface area (Å²) in [5.74, 6) is -0.261. The number of unbranched alkanes of at least 4 members (excludes halogenated alkanes) is 3. The van der Waals surface area contributed by atoms with Crippen molar-refractivity contribution in [1.29, 1.82) is 0 Å². The molecule has 3 heteroatoms. The first-order valence-corrected chi connectivity index (χ1v) is 6.43. The first-order chi connectivity index (χ1) is 7.61. The normalized spacial score (nSPS) is 14.5. The van der Waals surface area contributed by atoms with Crippen molar-refractivity contribution >= 4 is 5.97 Å². The lowest BCUT2D eigenvalue weighted by Gasteiger charge is -2.17. The first-order valence-electron chi connectivity index (χ1n) is 6.43. The standard InChI is InChI=1S/C13H26O3/c1-5-7-8-9-10-11(3)16-12(4)13(14)15-6-2/h11-12H,5-10H2,1-4H3. The van der Waals surface area contributed by atoms with Crippen LogP contribution in [-0.4, -0.2) is 24.8 Å². The molecular weight excluding hydrogens is 204 g/mol. The highest BCUT2D eigenvalue weighted by Crippen LogP contribution is 2.10. The summed E-state index contributed by atoms with van der Waals surface area (Å²) in [6, 6.07) is 0. The summed E-state index contributed by atoms with van der Waals surface area (Å²) in [5.41, 5.74) is 0. The number of hydrogen-bond donors (Lipinski definition) is 0. The molecule has 0 spiro atoms. The van der Waals surface area contributed by atoms with Gasteiger partial charge in [0.2, 0.25) is 0 Å². The highest BCUT2D eigenvalue weighted by atomic mass is 16.6. The molecule has 16 heavy (non-hydrogen) atoms. The van der Waals surface area contributed by atoms with Crippen molar-refractivity contribution in [2.75, 3.05) is 6.61 Å². The van der Waals surface area contributed by atoms with Crippen molar-refractivity contribution in [1.82, 2.24) is 0 Å². The third-order valence-corrected chi connectivity index (χ3v) is 2.52. The first kappa shape index (κ1) is 15.4. The number of carbonyl (C=O) groups excluding carboxylic acids is 1. The molecule has 0 radical (unpaired) electrons. The van der Waals surface area contributed by atoms with Crippen LogP contribution in [0.1, 0.15) is 59.8 Å². The maximum absolute atomic E-state index is 11.3. The van der Waals surface area contributed by atoms with E-state index >= 15 is 0 Å². The van der Waals surface area contributed by atoms with Gasteiger partial charge in [-0.25, -0.2) is 4.79 Å².